The zero-order valence-electron chi connectivity index (χ0n) is 11.5. The number of aryl methyl sites for hydroxylation is 1. The molecule has 0 radical (unpaired) electrons. The summed E-state index contributed by atoms with van der Waals surface area (Å²) in [6.07, 6.45) is 0.842. The lowest BCUT2D eigenvalue weighted by Gasteiger charge is -2.21. The van der Waals surface area contributed by atoms with E-state index >= 15 is 0 Å². The maximum Gasteiger partial charge on any atom is 0.120 e. The van der Waals surface area contributed by atoms with Crippen molar-refractivity contribution in [2.75, 3.05) is 5.32 Å². The molecule has 2 aromatic carbocycles. The van der Waals surface area contributed by atoms with Crippen molar-refractivity contribution in [2.45, 2.75) is 26.3 Å². The van der Waals surface area contributed by atoms with Crippen molar-refractivity contribution in [1.29, 1.82) is 0 Å². The Balaban J connectivity index is 2.33. The van der Waals surface area contributed by atoms with E-state index in [4.69, 9.17) is 11.6 Å². The lowest BCUT2D eigenvalue weighted by molar-refractivity contribution is 0.462. The summed E-state index contributed by atoms with van der Waals surface area (Å²) in [7, 11) is 0. The Morgan fingerprint density at radius 3 is 2.70 bits per heavy atom. The van der Waals surface area contributed by atoms with Gasteiger partial charge in [0.15, 0.2) is 0 Å². The molecule has 0 fully saturated rings. The number of hydrogen-bond donors (Lipinski definition) is 2. The molecular weight excluding hydrogens is 338 g/mol. The van der Waals surface area contributed by atoms with E-state index < -0.39 is 0 Å². The molecule has 0 amide bonds. The van der Waals surface area contributed by atoms with Crippen LogP contribution < -0.4 is 5.32 Å². The van der Waals surface area contributed by atoms with Gasteiger partial charge in [-0.05, 0) is 49.2 Å². The molecule has 0 spiro atoms. The molecule has 2 aromatic rings. The van der Waals surface area contributed by atoms with Crippen LogP contribution in [0.4, 0.5) is 5.69 Å². The van der Waals surface area contributed by atoms with E-state index in [2.05, 4.69) is 28.2 Å². The Bertz CT molecular complexity index is 615. The highest BCUT2D eigenvalue weighted by molar-refractivity contribution is 9.10. The highest BCUT2D eigenvalue weighted by atomic mass is 79.9. The number of rotatable bonds is 4. The Morgan fingerprint density at radius 2 is 2.00 bits per heavy atom. The van der Waals surface area contributed by atoms with Crippen LogP contribution in [-0.2, 0) is 0 Å². The summed E-state index contributed by atoms with van der Waals surface area (Å²) in [5, 5.41) is 14.1. The minimum Gasteiger partial charge on any atom is -0.508 e. The van der Waals surface area contributed by atoms with Crippen LogP contribution in [0.2, 0.25) is 5.02 Å². The molecule has 0 aliphatic carbocycles. The fraction of sp³-hybridized carbons (Fsp3) is 0.250. The first-order chi connectivity index (χ1) is 9.51. The first-order valence-corrected chi connectivity index (χ1v) is 7.69. The van der Waals surface area contributed by atoms with Crippen molar-refractivity contribution in [3.63, 3.8) is 0 Å². The summed E-state index contributed by atoms with van der Waals surface area (Å²) in [5.41, 5.74) is 2.89. The van der Waals surface area contributed by atoms with E-state index in [1.54, 1.807) is 6.07 Å². The first-order valence-electron chi connectivity index (χ1n) is 6.52. The molecule has 0 aliphatic heterocycles. The van der Waals surface area contributed by atoms with Gasteiger partial charge in [-0.15, -0.1) is 0 Å². The average molecular weight is 355 g/mol. The van der Waals surface area contributed by atoms with Crippen LogP contribution in [0.25, 0.3) is 0 Å². The van der Waals surface area contributed by atoms with Gasteiger partial charge in [0.25, 0.3) is 0 Å². The van der Waals surface area contributed by atoms with Crippen LogP contribution in [0.3, 0.4) is 0 Å². The lowest BCUT2D eigenvalue weighted by atomic mass is 10.0. The SMILES string of the molecule is CCC(Nc1cc(C)ccc1Cl)c1cc(Br)ccc1O. The molecule has 0 heterocycles. The third kappa shape index (κ3) is 3.47. The highest BCUT2D eigenvalue weighted by Gasteiger charge is 2.15. The minimum absolute atomic E-state index is 0.00630. The number of aromatic hydroxyl groups is 1. The van der Waals surface area contributed by atoms with Crippen molar-refractivity contribution in [3.8, 4) is 5.75 Å². The molecule has 0 aromatic heterocycles. The summed E-state index contributed by atoms with van der Waals surface area (Å²) in [5.74, 6) is 0.288. The number of anilines is 1. The van der Waals surface area contributed by atoms with E-state index in [1.165, 1.54) is 0 Å². The van der Waals surface area contributed by atoms with Gasteiger partial charge in [0, 0.05) is 10.0 Å². The molecule has 20 heavy (non-hydrogen) atoms. The molecule has 1 unspecified atom stereocenters. The van der Waals surface area contributed by atoms with Crippen LogP contribution >= 0.6 is 27.5 Å². The highest BCUT2D eigenvalue weighted by Crippen LogP contribution is 2.34. The molecule has 0 saturated heterocycles. The van der Waals surface area contributed by atoms with Crippen LogP contribution in [-0.4, -0.2) is 5.11 Å². The molecule has 1 atom stereocenters. The molecule has 106 valence electrons. The van der Waals surface area contributed by atoms with Crippen molar-refractivity contribution in [1.82, 2.24) is 0 Å². The smallest absolute Gasteiger partial charge is 0.120 e. The second-order valence-corrected chi connectivity index (χ2v) is 6.11. The van der Waals surface area contributed by atoms with Gasteiger partial charge in [-0.1, -0.05) is 40.5 Å². The Kier molecular flexibility index (Phi) is 4.95. The van der Waals surface area contributed by atoms with Gasteiger partial charge in [-0.25, -0.2) is 0 Å². The van der Waals surface area contributed by atoms with Crippen LogP contribution in [0.1, 0.15) is 30.5 Å². The van der Waals surface area contributed by atoms with Gasteiger partial charge in [0.1, 0.15) is 5.75 Å². The normalized spacial score (nSPS) is 12.2. The number of halogens is 2. The second kappa shape index (κ2) is 6.51. The number of phenols is 1. The van der Waals surface area contributed by atoms with Crippen molar-refractivity contribution in [3.05, 3.63) is 57.0 Å². The monoisotopic (exact) mass is 353 g/mol. The molecule has 4 heteroatoms. The summed E-state index contributed by atoms with van der Waals surface area (Å²) >= 11 is 9.66. The zero-order valence-corrected chi connectivity index (χ0v) is 13.8. The number of hydrogen-bond acceptors (Lipinski definition) is 2. The van der Waals surface area contributed by atoms with Gasteiger partial charge in [0.2, 0.25) is 0 Å². The molecule has 0 aliphatic rings. The number of nitrogens with one attached hydrogen (secondary N) is 1. The van der Waals surface area contributed by atoms with E-state index in [9.17, 15) is 5.11 Å². The zero-order chi connectivity index (χ0) is 14.7. The maximum absolute atomic E-state index is 10.0. The largest absolute Gasteiger partial charge is 0.508 e. The van der Waals surface area contributed by atoms with Gasteiger partial charge in [-0.2, -0.15) is 0 Å². The quantitative estimate of drug-likeness (QED) is 0.740. The van der Waals surface area contributed by atoms with Crippen molar-refractivity contribution in [2.24, 2.45) is 0 Å². The van der Waals surface area contributed by atoms with E-state index in [0.717, 1.165) is 27.7 Å². The third-order valence-corrected chi connectivity index (χ3v) is 4.05. The molecule has 0 saturated carbocycles. The van der Waals surface area contributed by atoms with E-state index in [-0.39, 0.29) is 11.8 Å². The number of benzene rings is 2. The molecular formula is C16H17BrClNO. The fourth-order valence-corrected chi connectivity index (χ4v) is 2.69. The van der Waals surface area contributed by atoms with Crippen LogP contribution in [0.5, 0.6) is 5.75 Å². The fourth-order valence-electron chi connectivity index (χ4n) is 2.14. The van der Waals surface area contributed by atoms with E-state index in [1.807, 2.05) is 37.3 Å². The Hall–Kier alpha value is -1.19. The summed E-state index contributed by atoms with van der Waals surface area (Å²) in [4.78, 5) is 0. The van der Waals surface area contributed by atoms with Gasteiger partial charge < -0.3 is 10.4 Å². The Labute approximate surface area is 132 Å². The second-order valence-electron chi connectivity index (χ2n) is 4.79. The molecule has 2 N–H and O–H groups in total. The Morgan fingerprint density at radius 1 is 1.25 bits per heavy atom. The molecule has 0 bridgehead atoms. The van der Waals surface area contributed by atoms with Gasteiger partial charge >= 0.3 is 0 Å². The van der Waals surface area contributed by atoms with Gasteiger partial charge in [0.05, 0.1) is 16.8 Å². The number of phenolic OH excluding ortho intramolecular Hbond substituents is 1. The maximum atomic E-state index is 10.0. The standard InChI is InChI=1S/C16H17BrClNO/c1-3-14(12-9-11(17)5-7-16(12)20)19-15-8-10(2)4-6-13(15)18/h4-9,14,19-20H,3H2,1-2H3. The summed E-state index contributed by atoms with van der Waals surface area (Å²) < 4.78 is 0.945. The minimum atomic E-state index is 0.00630. The predicted octanol–water partition coefficient (Wildman–Crippen LogP) is 5.68. The summed E-state index contributed by atoms with van der Waals surface area (Å²) in [6, 6.07) is 11.3. The lowest BCUT2D eigenvalue weighted by Crippen LogP contribution is -2.10. The predicted molar refractivity (Wildman–Crippen MR) is 88.7 cm³/mol. The van der Waals surface area contributed by atoms with E-state index in [0.29, 0.717) is 5.02 Å². The topological polar surface area (TPSA) is 32.3 Å². The molecule has 2 rings (SSSR count). The van der Waals surface area contributed by atoms with Crippen molar-refractivity contribution >= 4 is 33.2 Å². The van der Waals surface area contributed by atoms with Crippen LogP contribution in [0.15, 0.2) is 40.9 Å². The average Bonchev–Trinajstić information content (AvgIpc) is 2.42. The third-order valence-electron chi connectivity index (χ3n) is 3.22. The molecule has 2 nitrogen and oxygen atoms in total. The van der Waals surface area contributed by atoms with Crippen LogP contribution in [0, 0.1) is 6.92 Å². The summed E-state index contributed by atoms with van der Waals surface area (Å²) in [6.45, 7) is 4.10. The van der Waals surface area contributed by atoms with Crippen molar-refractivity contribution < 1.29 is 5.11 Å². The van der Waals surface area contributed by atoms with Gasteiger partial charge in [-0.3, -0.25) is 0 Å². The first kappa shape index (κ1) is 15.2.